The maximum absolute atomic E-state index is 12.8. The summed E-state index contributed by atoms with van der Waals surface area (Å²) in [7, 11) is 1.70. The number of aryl methyl sites for hydroxylation is 1. The van der Waals surface area contributed by atoms with Gasteiger partial charge in [0.05, 0.1) is 24.7 Å². The van der Waals surface area contributed by atoms with Crippen molar-refractivity contribution in [1.29, 1.82) is 0 Å². The summed E-state index contributed by atoms with van der Waals surface area (Å²) in [5.41, 5.74) is 2.11. The number of ether oxygens (including phenoxy) is 1. The summed E-state index contributed by atoms with van der Waals surface area (Å²) in [6.45, 7) is 6.68. The van der Waals surface area contributed by atoms with Crippen LogP contribution in [0.4, 0.5) is 5.69 Å². The van der Waals surface area contributed by atoms with E-state index in [0.717, 1.165) is 49.8 Å². The van der Waals surface area contributed by atoms with Crippen molar-refractivity contribution in [2.45, 2.75) is 84.0 Å². The number of aliphatic hydroxyl groups excluding tert-OH is 1. The van der Waals surface area contributed by atoms with E-state index in [2.05, 4.69) is 38.3 Å². The number of methoxy groups -OCH3 is 1. The first-order valence-electron chi connectivity index (χ1n) is 11.4. The molecule has 2 aromatic rings. The molecule has 0 spiro atoms. The van der Waals surface area contributed by atoms with Crippen molar-refractivity contribution < 1.29 is 14.6 Å². The number of amides is 1. The van der Waals surface area contributed by atoms with Crippen molar-refractivity contribution in [3.05, 3.63) is 52.2 Å². The molecule has 0 bridgehead atoms. The Morgan fingerprint density at radius 2 is 1.94 bits per heavy atom. The van der Waals surface area contributed by atoms with Crippen LogP contribution in [0.15, 0.2) is 41.8 Å². The van der Waals surface area contributed by atoms with Crippen LogP contribution >= 0.6 is 11.3 Å². The van der Waals surface area contributed by atoms with Crippen molar-refractivity contribution in [2.75, 3.05) is 12.0 Å². The molecule has 4 nitrogen and oxygen atoms in total. The van der Waals surface area contributed by atoms with Gasteiger partial charge in [0.1, 0.15) is 0 Å². The normalized spacial score (nSPS) is 20.4. The topological polar surface area (TPSA) is 49.8 Å². The van der Waals surface area contributed by atoms with Gasteiger partial charge in [0.25, 0.3) is 0 Å². The van der Waals surface area contributed by atoms with Gasteiger partial charge in [0.15, 0.2) is 0 Å². The quantitative estimate of drug-likeness (QED) is 0.480. The fourth-order valence-corrected chi connectivity index (χ4v) is 5.19. The number of benzene rings is 1. The Kier molecular flexibility index (Phi) is 8.31. The second kappa shape index (κ2) is 10.8. The smallest absolute Gasteiger partial charge is 0.230 e. The Morgan fingerprint density at radius 3 is 2.55 bits per heavy atom. The number of anilines is 1. The Morgan fingerprint density at radius 1 is 1.19 bits per heavy atom. The highest BCUT2D eigenvalue weighted by Crippen LogP contribution is 2.33. The van der Waals surface area contributed by atoms with Crippen molar-refractivity contribution in [3.63, 3.8) is 0 Å². The van der Waals surface area contributed by atoms with Gasteiger partial charge in [0.2, 0.25) is 5.91 Å². The maximum atomic E-state index is 12.8. The SMILES string of the molecule is COC1CC(=O)N(c2ccc(C(O)CCCC(C)(C)C)cc2)C1CCCc1cccs1. The summed E-state index contributed by atoms with van der Waals surface area (Å²) >= 11 is 1.79. The van der Waals surface area contributed by atoms with Crippen LogP contribution in [0, 0.1) is 5.41 Å². The molecule has 1 aliphatic rings. The van der Waals surface area contributed by atoms with E-state index in [1.807, 2.05) is 29.2 Å². The Labute approximate surface area is 191 Å². The summed E-state index contributed by atoms with van der Waals surface area (Å²) in [5.74, 6) is 0.117. The van der Waals surface area contributed by atoms with Gasteiger partial charge in [-0.1, -0.05) is 45.4 Å². The molecule has 31 heavy (non-hydrogen) atoms. The summed E-state index contributed by atoms with van der Waals surface area (Å²) < 4.78 is 5.67. The molecule has 1 N–H and O–H groups in total. The van der Waals surface area contributed by atoms with Crippen LogP contribution in [0.2, 0.25) is 0 Å². The lowest BCUT2D eigenvalue weighted by Crippen LogP contribution is -2.37. The minimum Gasteiger partial charge on any atom is -0.388 e. The maximum Gasteiger partial charge on any atom is 0.230 e. The summed E-state index contributed by atoms with van der Waals surface area (Å²) in [4.78, 5) is 16.1. The second-order valence-electron chi connectivity index (χ2n) is 9.84. The number of hydrogen-bond acceptors (Lipinski definition) is 4. The van der Waals surface area contributed by atoms with Crippen molar-refractivity contribution in [2.24, 2.45) is 5.41 Å². The van der Waals surface area contributed by atoms with E-state index >= 15 is 0 Å². The lowest BCUT2D eigenvalue weighted by molar-refractivity contribution is -0.117. The molecule has 2 heterocycles. The van der Waals surface area contributed by atoms with Gasteiger partial charge >= 0.3 is 0 Å². The number of carbonyl (C=O) groups is 1. The number of nitrogens with zero attached hydrogens (tertiary/aromatic N) is 1. The van der Waals surface area contributed by atoms with Gasteiger partial charge in [0, 0.05) is 17.7 Å². The van der Waals surface area contributed by atoms with Crippen molar-refractivity contribution in [3.8, 4) is 0 Å². The van der Waals surface area contributed by atoms with E-state index in [9.17, 15) is 9.90 Å². The molecular weight excluding hydrogens is 406 g/mol. The van der Waals surface area contributed by atoms with Crippen LogP contribution < -0.4 is 4.90 Å². The average molecular weight is 444 g/mol. The van der Waals surface area contributed by atoms with Crippen LogP contribution in [0.25, 0.3) is 0 Å². The van der Waals surface area contributed by atoms with Gasteiger partial charge < -0.3 is 14.7 Å². The van der Waals surface area contributed by atoms with Crippen LogP contribution in [0.1, 0.15) is 75.8 Å². The lowest BCUT2D eigenvalue weighted by atomic mass is 9.88. The monoisotopic (exact) mass is 443 g/mol. The van der Waals surface area contributed by atoms with E-state index in [0.29, 0.717) is 6.42 Å². The first-order chi connectivity index (χ1) is 14.8. The molecule has 5 heteroatoms. The highest BCUT2D eigenvalue weighted by molar-refractivity contribution is 7.09. The average Bonchev–Trinajstić information content (AvgIpc) is 3.35. The molecule has 1 fully saturated rings. The molecule has 1 amide bonds. The highest BCUT2D eigenvalue weighted by Gasteiger charge is 2.40. The molecule has 0 radical (unpaired) electrons. The summed E-state index contributed by atoms with van der Waals surface area (Å²) in [5, 5.41) is 12.7. The molecule has 0 saturated carbocycles. The van der Waals surface area contributed by atoms with Gasteiger partial charge in [-0.05, 0) is 66.7 Å². The van der Waals surface area contributed by atoms with Gasteiger partial charge in [-0.25, -0.2) is 0 Å². The zero-order valence-electron chi connectivity index (χ0n) is 19.3. The zero-order valence-corrected chi connectivity index (χ0v) is 20.2. The highest BCUT2D eigenvalue weighted by atomic mass is 32.1. The predicted molar refractivity (Wildman–Crippen MR) is 129 cm³/mol. The molecule has 3 unspecified atom stereocenters. The Hall–Kier alpha value is -1.69. The summed E-state index contributed by atoms with van der Waals surface area (Å²) in [6, 6.07) is 12.2. The zero-order chi connectivity index (χ0) is 22.4. The Balaban J connectivity index is 1.63. The minimum absolute atomic E-state index is 0.0556. The van der Waals surface area contributed by atoms with E-state index in [1.54, 1.807) is 18.4 Å². The van der Waals surface area contributed by atoms with E-state index in [1.165, 1.54) is 4.88 Å². The van der Waals surface area contributed by atoms with Crippen LogP contribution in [0.3, 0.4) is 0 Å². The molecule has 1 aromatic carbocycles. The standard InChI is InChI=1S/C26H37NO3S/c1-26(2,3)16-6-11-23(28)19-12-14-20(15-13-19)27-22(24(30-4)18-25(27)29)10-5-8-21-9-7-17-31-21/h7,9,12-15,17,22-24,28H,5-6,8,10-11,16,18H2,1-4H3. The molecule has 170 valence electrons. The van der Waals surface area contributed by atoms with Crippen LogP contribution in [-0.4, -0.2) is 30.3 Å². The van der Waals surface area contributed by atoms with E-state index in [4.69, 9.17) is 4.74 Å². The third-order valence-corrected chi connectivity index (χ3v) is 7.11. The first kappa shape index (κ1) is 24.0. The molecule has 1 aromatic heterocycles. The van der Waals surface area contributed by atoms with Gasteiger partial charge in [-0.2, -0.15) is 0 Å². The molecule has 3 atom stereocenters. The van der Waals surface area contributed by atoms with E-state index < -0.39 is 6.10 Å². The van der Waals surface area contributed by atoms with Gasteiger partial charge in [-0.15, -0.1) is 11.3 Å². The predicted octanol–water partition coefficient (Wildman–Crippen LogP) is 6.14. The second-order valence-corrected chi connectivity index (χ2v) is 10.9. The summed E-state index contributed by atoms with van der Waals surface area (Å²) in [6.07, 6.45) is 5.73. The number of rotatable bonds is 10. The van der Waals surface area contributed by atoms with Crippen LogP contribution in [-0.2, 0) is 16.0 Å². The van der Waals surface area contributed by atoms with Crippen molar-refractivity contribution >= 4 is 22.9 Å². The third-order valence-electron chi connectivity index (χ3n) is 6.17. The van der Waals surface area contributed by atoms with Crippen molar-refractivity contribution in [1.82, 2.24) is 0 Å². The number of carbonyl (C=O) groups excluding carboxylic acids is 1. The van der Waals surface area contributed by atoms with Crippen LogP contribution in [0.5, 0.6) is 0 Å². The molecular formula is C26H37NO3S. The fraction of sp³-hybridized carbons (Fsp3) is 0.577. The molecule has 0 aliphatic carbocycles. The van der Waals surface area contributed by atoms with E-state index in [-0.39, 0.29) is 23.5 Å². The number of thiophene rings is 1. The largest absolute Gasteiger partial charge is 0.388 e. The molecule has 3 rings (SSSR count). The molecule has 1 aliphatic heterocycles. The Bertz CT molecular complexity index is 810. The minimum atomic E-state index is -0.459. The number of aliphatic hydroxyl groups is 1. The number of hydrogen-bond donors (Lipinski definition) is 1. The first-order valence-corrected chi connectivity index (χ1v) is 12.3. The third kappa shape index (κ3) is 6.64. The van der Waals surface area contributed by atoms with Gasteiger partial charge in [-0.3, -0.25) is 4.79 Å². The molecule has 1 saturated heterocycles. The fourth-order valence-electron chi connectivity index (χ4n) is 4.44. The lowest BCUT2D eigenvalue weighted by Gasteiger charge is -2.28.